The average Bonchev–Trinajstić information content (AvgIpc) is 2.40. The molecule has 98 valence electrons. The number of carboxylic acids is 1. The minimum Gasteiger partial charge on any atom is -0.480 e. The predicted octanol–water partition coefficient (Wildman–Crippen LogP) is 3.10. The molecule has 2 aromatic heterocycles. The summed E-state index contributed by atoms with van der Waals surface area (Å²) in [6.45, 7) is 3.35. The number of carboxylic acid groups (broad SMARTS) is 1. The van der Waals surface area contributed by atoms with Crippen LogP contribution < -0.4 is 0 Å². The SMILES string of the molecule is CC(C)(Sc1cccnc1-c1ccccn1)C(=O)O. The first kappa shape index (κ1) is 13.5. The minimum absolute atomic E-state index is 0.711. The van der Waals surface area contributed by atoms with Gasteiger partial charge < -0.3 is 5.11 Å². The van der Waals surface area contributed by atoms with Gasteiger partial charge in [-0.15, -0.1) is 11.8 Å². The molecule has 2 rings (SSSR count). The third-order valence-corrected chi connectivity index (χ3v) is 3.79. The summed E-state index contributed by atoms with van der Waals surface area (Å²) in [7, 11) is 0. The van der Waals surface area contributed by atoms with Gasteiger partial charge in [-0.25, -0.2) is 0 Å². The van der Waals surface area contributed by atoms with Gasteiger partial charge in [-0.2, -0.15) is 0 Å². The fourth-order valence-corrected chi connectivity index (χ4v) is 2.52. The van der Waals surface area contributed by atoms with Gasteiger partial charge in [0.1, 0.15) is 10.4 Å². The molecule has 0 aliphatic rings. The Morgan fingerprint density at radius 3 is 2.53 bits per heavy atom. The molecule has 19 heavy (non-hydrogen) atoms. The Labute approximate surface area is 115 Å². The molecule has 5 heteroatoms. The van der Waals surface area contributed by atoms with Crippen LogP contribution in [0.15, 0.2) is 47.6 Å². The zero-order valence-corrected chi connectivity index (χ0v) is 11.5. The lowest BCUT2D eigenvalue weighted by Gasteiger charge is -2.19. The summed E-state index contributed by atoms with van der Waals surface area (Å²) in [4.78, 5) is 20.6. The van der Waals surface area contributed by atoms with Gasteiger partial charge in [0, 0.05) is 17.3 Å². The van der Waals surface area contributed by atoms with E-state index in [-0.39, 0.29) is 0 Å². The van der Waals surface area contributed by atoms with Crippen LogP contribution in [0.4, 0.5) is 0 Å². The molecular weight excluding hydrogens is 260 g/mol. The van der Waals surface area contributed by atoms with E-state index in [2.05, 4.69) is 9.97 Å². The summed E-state index contributed by atoms with van der Waals surface area (Å²) in [5.74, 6) is -0.853. The van der Waals surface area contributed by atoms with Crippen LogP contribution >= 0.6 is 11.8 Å². The molecule has 0 fully saturated rings. The zero-order valence-electron chi connectivity index (χ0n) is 10.7. The number of aliphatic carboxylic acids is 1. The lowest BCUT2D eigenvalue weighted by Crippen LogP contribution is -2.27. The van der Waals surface area contributed by atoms with Crippen molar-refractivity contribution in [2.75, 3.05) is 0 Å². The summed E-state index contributed by atoms with van der Waals surface area (Å²) in [6, 6.07) is 9.24. The van der Waals surface area contributed by atoms with E-state index in [1.54, 1.807) is 32.3 Å². The molecule has 0 aliphatic heterocycles. The van der Waals surface area contributed by atoms with Crippen molar-refractivity contribution >= 4 is 17.7 Å². The van der Waals surface area contributed by atoms with E-state index in [0.29, 0.717) is 5.69 Å². The number of hydrogen-bond donors (Lipinski definition) is 1. The van der Waals surface area contributed by atoms with E-state index in [1.807, 2.05) is 24.3 Å². The van der Waals surface area contributed by atoms with Crippen molar-refractivity contribution in [3.05, 3.63) is 42.7 Å². The lowest BCUT2D eigenvalue weighted by molar-refractivity contribution is -0.138. The molecule has 0 aliphatic carbocycles. The zero-order chi connectivity index (χ0) is 13.9. The van der Waals surface area contributed by atoms with Crippen LogP contribution in [0, 0.1) is 0 Å². The van der Waals surface area contributed by atoms with Crippen molar-refractivity contribution in [1.82, 2.24) is 9.97 Å². The van der Waals surface area contributed by atoms with Crippen LogP contribution in [-0.4, -0.2) is 25.8 Å². The van der Waals surface area contributed by atoms with Gasteiger partial charge in [-0.3, -0.25) is 14.8 Å². The molecule has 1 N–H and O–H groups in total. The van der Waals surface area contributed by atoms with Crippen LogP contribution in [0.1, 0.15) is 13.8 Å². The number of pyridine rings is 2. The molecule has 4 nitrogen and oxygen atoms in total. The summed E-state index contributed by atoms with van der Waals surface area (Å²) in [5, 5.41) is 9.21. The molecule has 0 radical (unpaired) electrons. The molecule has 2 aromatic rings. The second kappa shape index (κ2) is 5.40. The van der Waals surface area contributed by atoms with Crippen molar-refractivity contribution in [1.29, 1.82) is 0 Å². The number of carbonyl (C=O) groups is 1. The highest BCUT2D eigenvalue weighted by Gasteiger charge is 2.29. The van der Waals surface area contributed by atoms with E-state index in [1.165, 1.54) is 11.8 Å². The second-order valence-electron chi connectivity index (χ2n) is 4.48. The Hall–Kier alpha value is -1.88. The topological polar surface area (TPSA) is 63.1 Å². The first-order valence-corrected chi connectivity index (χ1v) is 6.61. The van der Waals surface area contributed by atoms with E-state index < -0.39 is 10.7 Å². The minimum atomic E-state index is -0.910. The normalized spacial score (nSPS) is 11.3. The Morgan fingerprint density at radius 1 is 1.16 bits per heavy atom. The van der Waals surface area contributed by atoms with E-state index in [0.717, 1.165) is 10.6 Å². The standard InChI is InChI=1S/C14H14N2O2S/c1-14(2,13(17)18)19-11-7-5-9-16-12(11)10-6-3-4-8-15-10/h3-9H,1-2H3,(H,17,18). The molecule has 0 bridgehead atoms. The third-order valence-electron chi connectivity index (χ3n) is 2.56. The Balaban J connectivity index is 2.40. The van der Waals surface area contributed by atoms with Gasteiger partial charge in [-0.1, -0.05) is 6.07 Å². The second-order valence-corrected chi connectivity index (χ2v) is 6.15. The van der Waals surface area contributed by atoms with Gasteiger partial charge in [0.25, 0.3) is 0 Å². The molecule has 0 spiro atoms. The molecule has 0 saturated heterocycles. The molecular formula is C14H14N2O2S. The number of hydrogen-bond acceptors (Lipinski definition) is 4. The first-order chi connectivity index (χ1) is 9.00. The fourth-order valence-electron chi connectivity index (χ4n) is 1.49. The molecule has 2 heterocycles. The summed E-state index contributed by atoms with van der Waals surface area (Å²) in [6.07, 6.45) is 3.38. The highest BCUT2D eigenvalue weighted by atomic mass is 32.2. The van der Waals surface area contributed by atoms with Crippen molar-refractivity contribution < 1.29 is 9.90 Å². The molecule has 0 amide bonds. The molecule has 0 saturated carbocycles. The highest BCUT2D eigenvalue weighted by molar-refractivity contribution is 8.01. The maximum absolute atomic E-state index is 11.2. The summed E-state index contributed by atoms with van der Waals surface area (Å²) >= 11 is 1.27. The maximum Gasteiger partial charge on any atom is 0.319 e. The average molecular weight is 274 g/mol. The fraction of sp³-hybridized carbons (Fsp3) is 0.214. The van der Waals surface area contributed by atoms with Crippen molar-refractivity contribution in [3.63, 3.8) is 0 Å². The summed E-state index contributed by atoms with van der Waals surface area (Å²) < 4.78 is -0.910. The quantitative estimate of drug-likeness (QED) is 0.868. The number of aromatic nitrogens is 2. The van der Waals surface area contributed by atoms with Crippen molar-refractivity contribution in [2.45, 2.75) is 23.5 Å². The molecule has 0 atom stereocenters. The largest absolute Gasteiger partial charge is 0.480 e. The smallest absolute Gasteiger partial charge is 0.319 e. The Kier molecular flexibility index (Phi) is 3.85. The van der Waals surface area contributed by atoms with Crippen LogP contribution in [0.2, 0.25) is 0 Å². The Bertz CT molecular complexity index is 585. The molecule has 0 aromatic carbocycles. The number of thioether (sulfide) groups is 1. The van der Waals surface area contributed by atoms with Gasteiger partial charge >= 0.3 is 5.97 Å². The number of rotatable bonds is 4. The van der Waals surface area contributed by atoms with Crippen LogP contribution in [-0.2, 0) is 4.79 Å². The van der Waals surface area contributed by atoms with Crippen LogP contribution in [0.25, 0.3) is 11.4 Å². The lowest BCUT2D eigenvalue weighted by atomic mass is 10.2. The first-order valence-electron chi connectivity index (χ1n) is 5.79. The van der Waals surface area contributed by atoms with Gasteiger partial charge in [0.15, 0.2) is 0 Å². The van der Waals surface area contributed by atoms with Crippen LogP contribution in [0.5, 0.6) is 0 Å². The van der Waals surface area contributed by atoms with Crippen LogP contribution in [0.3, 0.4) is 0 Å². The monoisotopic (exact) mass is 274 g/mol. The summed E-state index contributed by atoms with van der Waals surface area (Å²) in [5.41, 5.74) is 1.45. The molecule has 0 unspecified atom stereocenters. The van der Waals surface area contributed by atoms with E-state index in [4.69, 9.17) is 0 Å². The van der Waals surface area contributed by atoms with Crippen molar-refractivity contribution in [3.8, 4) is 11.4 Å². The Morgan fingerprint density at radius 2 is 1.89 bits per heavy atom. The number of nitrogens with zero attached hydrogens (tertiary/aromatic N) is 2. The third kappa shape index (κ3) is 3.12. The van der Waals surface area contributed by atoms with Gasteiger partial charge in [0.2, 0.25) is 0 Å². The van der Waals surface area contributed by atoms with Gasteiger partial charge in [-0.05, 0) is 38.1 Å². The van der Waals surface area contributed by atoms with Gasteiger partial charge in [0.05, 0.1) is 5.69 Å². The predicted molar refractivity (Wildman–Crippen MR) is 75.0 cm³/mol. The van der Waals surface area contributed by atoms with E-state index >= 15 is 0 Å². The van der Waals surface area contributed by atoms with Crippen molar-refractivity contribution in [2.24, 2.45) is 0 Å². The maximum atomic E-state index is 11.2. The highest BCUT2D eigenvalue weighted by Crippen LogP contribution is 2.37. The van der Waals surface area contributed by atoms with E-state index in [9.17, 15) is 9.90 Å².